The Morgan fingerprint density at radius 1 is 0.292 bits per heavy atom. The van der Waals surface area contributed by atoms with E-state index in [0.717, 1.165) is 0 Å². The van der Waals surface area contributed by atoms with E-state index < -0.39 is 0 Å². The van der Waals surface area contributed by atoms with Crippen LogP contribution in [0.15, 0.2) is 156 Å². The number of hydrogen-bond acceptors (Lipinski definition) is 2. The van der Waals surface area contributed by atoms with Crippen molar-refractivity contribution in [3.05, 3.63) is 201 Å². The molecule has 4 aliphatic carbocycles. The minimum atomic E-state index is -0.341. The third kappa shape index (κ3) is 2.75. The van der Waals surface area contributed by atoms with Crippen molar-refractivity contribution in [3.8, 4) is 54.3 Å². The van der Waals surface area contributed by atoms with Gasteiger partial charge in [-0.1, -0.05) is 121 Å². The summed E-state index contributed by atoms with van der Waals surface area (Å²) >= 11 is 3.77. The van der Waals surface area contributed by atoms with Crippen molar-refractivity contribution >= 4 is 22.7 Å². The molecule has 0 atom stereocenters. The molecule has 2 heterocycles. The average Bonchev–Trinajstić information content (AvgIpc) is 3.98. The zero-order valence-electron chi connectivity index (χ0n) is 25.8. The predicted molar refractivity (Wildman–Crippen MR) is 200 cm³/mol. The Kier molecular flexibility index (Phi) is 4.72. The molecule has 0 saturated heterocycles. The lowest BCUT2D eigenvalue weighted by Crippen LogP contribution is -2.26. The van der Waals surface area contributed by atoms with Crippen LogP contribution in [0.3, 0.4) is 0 Å². The zero-order chi connectivity index (χ0) is 31.2. The van der Waals surface area contributed by atoms with Gasteiger partial charge in [-0.2, -0.15) is 0 Å². The predicted octanol–water partition coefficient (Wildman–Crippen LogP) is 12.2. The van der Waals surface area contributed by atoms with E-state index in [4.69, 9.17) is 0 Å². The molecule has 6 aromatic carbocycles. The van der Waals surface area contributed by atoms with Crippen LogP contribution in [0.2, 0.25) is 0 Å². The van der Waals surface area contributed by atoms with E-state index in [0.29, 0.717) is 0 Å². The van der Waals surface area contributed by atoms with Crippen molar-refractivity contribution in [2.24, 2.45) is 0 Å². The average molecular weight is 643 g/mol. The lowest BCUT2D eigenvalue weighted by atomic mass is 9.70. The molecular formula is C46H26S2. The van der Waals surface area contributed by atoms with Gasteiger partial charge in [0.2, 0.25) is 0 Å². The lowest BCUT2D eigenvalue weighted by Gasteiger charge is -2.31. The van der Waals surface area contributed by atoms with Crippen molar-refractivity contribution in [1.82, 2.24) is 0 Å². The Morgan fingerprint density at radius 2 is 0.625 bits per heavy atom. The summed E-state index contributed by atoms with van der Waals surface area (Å²) in [5.41, 5.74) is 21.3. The molecule has 8 aromatic rings. The molecule has 0 aliphatic heterocycles. The highest BCUT2D eigenvalue weighted by Crippen LogP contribution is 2.66. The van der Waals surface area contributed by atoms with Crippen molar-refractivity contribution in [2.75, 3.05) is 0 Å². The van der Waals surface area contributed by atoms with Gasteiger partial charge in [0, 0.05) is 9.75 Å². The summed E-state index contributed by atoms with van der Waals surface area (Å²) in [5, 5.41) is 4.57. The molecule has 0 radical (unpaired) electrons. The molecule has 0 N–H and O–H groups in total. The van der Waals surface area contributed by atoms with Crippen LogP contribution in [0.25, 0.3) is 54.3 Å². The fourth-order valence-corrected chi connectivity index (χ4v) is 12.1. The van der Waals surface area contributed by atoms with Gasteiger partial charge < -0.3 is 0 Å². The first-order chi connectivity index (χ1) is 23.8. The standard InChI is InChI=1S/C46H26S2/c1-5-13-35-29(9-1)30-10-2-6-14-36(30)45(35)37-15-7-3-11-31(37)33-19-17-27(25-41(33)45)28-18-20-34-32-12-4-8-16-38(32)46(42(34)26-28)39-21-23-47-43(39)44-40(46)22-24-48-44/h1-26H. The van der Waals surface area contributed by atoms with Crippen molar-refractivity contribution in [3.63, 3.8) is 0 Å². The fraction of sp³-hybridized carbons (Fsp3) is 0.0435. The highest BCUT2D eigenvalue weighted by atomic mass is 32.1. The van der Waals surface area contributed by atoms with Gasteiger partial charge in [-0.3, -0.25) is 0 Å². The van der Waals surface area contributed by atoms with Gasteiger partial charge >= 0.3 is 0 Å². The van der Waals surface area contributed by atoms with Crippen LogP contribution >= 0.6 is 22.7 Å². The normalized spacial score (nSPS) is 15.4. The summed E-state index contributed by atoms with van der Waals surface area (Å²) in [6.07, 6.45) is 0. The van der Waals surface area contributed by atoms with Crippen LogP contribution in [0.4, 0.5) is 0 Å². The first kappa shape index (κ1) is 25.8. The molecule has 0 bridgehead atoms. The van der Waals surface area contributed by atoms with E-state index in [9.17, 15) is 0 Å². The maximum Gasteiger partial charge on any atom is 0.0742 e. The topological polar surface area (TPSA) is 0 Å². The van der Waals surface area contributed by atoms with E-state index in [1.165, 1.54) is 98.8 Å². The Morgan fingerprint density at radius 3 is 1.02 bits per heavy atom. The molecule has 48 heavy (non-hydrogen) atoms. The minimum Gasteiger partial charge on any atom is -0.143 e. The number of benzene rings is 6. The van der Waals surface area contributed by atoms with Crippen LogP contribution in [0, 0.1) is 0 Å². The van der Waals surface area contributed by atoms with Gasteiger partial charge in [-0.05, 0) is 124 Å². The molecule has 222 valence electrons. The van der Waals surface area contributed by atoms with Crippen molar-refractivity contribution in [2.45, 2.75) is 10.8 Å². The Labute approximate surface area is 287 Å². The van der Waals surface area contributed by atoms with Gasteiger partial charge in [0.25, 0.3) is 0 Å². The minimum absolute atomic E-state index is 0.274. The van der Waals surface area contributed by atoms with E-state index >= 15 is 0 Å². The van der Waals surface area contributed by atoms with Crippen LogP contribution in [0.5, 0.6) is 0 Å². The maximum absolute atomic E-state index is 2.52. The smallest absolute Gasteiger partial charge is 0.0742 e. The summed E-state index contributed by atoms with van der Waals surface area (Å²) in [6.45, 7) is 0. The van der Waals surface area contributed by atoms with E-state index in [-0.39, 0.29) is 10.8 Å². The van der Waals surface area contributed by atoms with Gasteiger partial charge in [-0.25, -0.2) is 0 Å². The number of hydrogen-bond donors (Lipinski definition) is 0. The number of thiophene rings is 2. The number of fused-ring (bicyclic) bond motifs is 20. The molecule has 2 aromatic heterocycles. The quantitative estimate of drug-likeness (QED) is 0.167. The van der Waals surface area contributed by atoms with Crippen LogP contribution in [-0.2, 0) is 10.8 Å². The molecule has 0 unspecified atom stereocenters. The fourth-order valence-electron chi connectivity index (χ4n) is 10.0. The molecule has 0 nitrogen and oxygen atoms in total. The van der Waals surface area contributed by atoms with Gasteiger partial charge in [0.1, 0.15) is 0 Å². The van der Waals surface area contributed by atoms with E-state index in [1.54, 1.807) is 0 Å². The lowest BCUT2D eigenvalue weighted by molar-refractivity contribution is 0.793. The molecule has 0 saturated carbocycles. The first-order valence-corrected chi connectivity index (χ1v) is 18.4. The van der Waals surface area contributed by atoms with Gasteiger partial charge in [0.15, 0.2) is 0 Å². The Balaban J connectivity index is 1.13. The maximum atomic E-state index is 2.52. The Bertz CT molecular complexity index is 2590. The zero-order valence-corrected chi connectivity index (χ0v) is 27.5. The van der Waals surface area contributed by atoms with Crippen LogP contribution in [0.1, 0.15) is 44.5 Å². The van der Waals surface area contributed by atoms with Crippen LogP contribution < -0.4 is 0 Å². The van der Waals surface area contributed by atoms with E-state index in [2.05, 4.69) is 156 Å². The largest absolute Gasteiger partial charge is 0.143 e. The summed E-state index contributed by atoms with van der Waals surface area (Å²) in [5.74, 6) is 0. The molecule has 12 rings (SSSR count). The summed E-state index contributed by atoms with van der Waals surface area (Å²) in [7, 11) is 0. The molecule has 0 fully saturated rings. The summed E-state index contributed by atoms with van der Waals surface area (Å²) in [6, 6.07) is 55.7. The monoisotopic (exact) mass is 642 g/mol. The molecule has 4 aliphatic rings. The molecular weight excluding hydrogens is 617 g/mol. The third-order valence-electron chi connectivity index (χ3n) is 11.7. The van der Waals surface area contributed by atoms with Gasteiger partial charge in [-0.15, -0.1) is 22.7 Å². The molecule has 2 spiro atoms. The van der Waals surface area contributed by atoms with E-state index in [1.807, 2.05) is 22.7 Å². The Hall–Kier alpha value is -5.28. The first-order valence-electron chi connectivity index (χ1n) is 16.7. The second-order valence-electron chi connectivity index (χ2n) is 13.5. The summed E-state index contributed by atoms with van der Waals surface area (Å²) in [4.78, 5) is 2.87. The van der Waals surface area contributed by atoms with Crippen LogP contribution in [-0.4, -0.2) is 0 Å². The van der Waals surface area contributed by atoms with Gasteiger partial charge in [0.05, 0.1) is 10.8 Å². The summed E-state index contributed by atoms with van der Waals surface area (Å²) < 4.78 is 0. The van der Waals surface area contributed by atoms with Crippen molar-refractivity contribution in [1.29, 1.82) is 0 Å². The van der Waals surface area contributed by atoms with Crippen molar-refractivity contribution < 1.29 is 0 Å². The third-order valence-corrected chi connectivity index (χ3v) is 13.7. The molecule has 0 amide bonds. The SMILES string of the molecule is c1ccc2c(c1)-c1ccccc1C21c2ccccc2-c2ccc(-c3ccc4c(c3)C3(c5ccccc5-4)c4ccsc4-c4sccc43)cc21. The highest BCUT2D eigenvalue weighted by Gasteiger charge is 2.54. The number of rotatable bonds is 1. The second kappa shape index (κ2) is 8.79. The highest BCUT2D eigenvalue weighted by molar-refractivity contribution is 7.21. The second-order valence-corrected chi connectivity index (χ2v) is 15.4. The molecule has 2 heteroatoms.